The maximum Gasteiger partial charge on any atom is 0.201 e. The zero-order valence-corrected chi connectivity index (χ0v) is 12.4. The number of anilines is 1. The summed E-state index contributed by atoms with van der Waals surface area (Å²) in [6.45, 7) is 9.83. The highest BCUT2D eigenvalue weighted by molar-refractivity contribution is 5.79. The van der Waals surface area contributed by atoms with Crippen molar-refractivity contribution in [3.8, 4) is 5.75 Å². The Balaban J connectivity index is 2.44. The van der Waals surface area contributed by atoms with Gasteiger partial charge in [0.25, 0.3) is 0 Å². The molecule has 0 aliphatic heterocycles. The Kier molecular flexibility index (Phi) is 3.43. The largest absolute Gasteiger partial charge is 0.497 e. The van der Waals surface area contributed by atoms with Gasteiger partial charge in [0.15, 0.2) is 0 Å². The predicted molar refractivity (Wildman–Crippen MR) is 79.3 cm³/mol. The number of ether oxygens (including phenoxy) is 1. The van der Waals surface area contributed by atoms with Crippen molar-refractivity contribution in [2.75, 3.05) is 12.8 Å². The van der Waals surface area contributed by atoms with Crippen LogP contribution < -0.4 is 10.5 Å². The van der Waals surface area contributed by atoms with Crippen molar-refractivity contribution in [3.63, 3.8) is 0 Å². The number of nitrogen functional groups attached to an aromatic ring is 1. The molecule has 1 aromatic carbocycles. The monoisotopic (exact) mass is 261 g/mol. The van der Waals surface area contributed by atoms with Gasteiger partial charge in [0.1, 0.15) is 5.75 Å². The average molecular weight is 261 g/mol. The van der Waals surface area contributed by atoms with E-state index in [4.69, 9.17) is 10.5 Å². The van der Waals surface area contributed by atoms with Crippen LogP contribution in [0.2, 0.25) is 0 Å². The zero-order chi connectivity index (χ0) is 14.2. The minimum atomic E-state index is 0.238. The highest BCUT2D eigenvalue weighted by atomic mass is 16.5. The molecular formula is C15H23N3O. The molecule has 0 bridgehead atoms. The number of imidazole rings is 1. The molecule has 2 aromatic rings. The van der Waals surface area contributed by atoms with Crippen molar-refractivity contribution >= 4 is 17.0 Å². The Morgan fingerprint density at radius 3 is 2.63 bits per heavy atom. The lowest BCUT2D eigenvalue weighted by Crippen LogP contribution is -2.23. The maximum atomic E-state index is 6.05. The molecule has 0 radical (unpaired) electrons. The van der Waals surface area contributed by atoms with Crippen LogP contribution in [0.5, 0.6) is 5.75 Å². The van der Waals surface area contributed by atoms with Gasteiger partial charge in [-0.05, 0) is 23.5 Å². The number of benzene rings is 1. The van der Waals surface area contributed by atoms with Crippen molar-refractivity contribution in [2.24, 2.45) is 11.3 Å². The summed E-state index contributed by atoms with van der Waals surface area (Å²) in [5.74, 6) is 1.90. The maximum absolute atomic E-state index is 6.05. The third-order valence-corrected chi connectivity index (χ3v) is 3.92. The van der Waals surface area contributed by atoms with Crippen LogP contribution in [0.3, 0.4) is 0 Å². The third kappa shape index (κ3) is 2.67. The van der Waals surface area contributed by atoms with E-state index in [9.17, 15) is 0 Å². The zero-order valence-electron chi connectivity index (χ0n) is 12.4. The fraction of sp³-hybridized carbons (Fsp3) is 0.533. The SMILES string of the molecule is COc1ccc2nc(N)n(CC(C)C(C)(C)C)c2c1. The van der Waals surface area contributed by atoms with E-state index in [1.54, 1.807) is 7.11 Å². The van der Waals surface area contributed by atoms with Crippen LogP contribution in [0, 0.1) is 11.3 Å². The molecule has 0 spiro atoms. The molecule has 4 nitrogen and oxygen atoms in total. The summed E-state index contributed by atoms with van der Waals surface area (Å²) in [6, 6.07) is 5.85. The summed E-state index contributed by atoms with van der Waals surface area (Å²) in [5, 5.41) is 0. The van der Waals surface area contributed by atoms with Gasteiger partial charge in [-0.25, -0.2) is 4.98 Å². The molecule has 0 aliphatic rings. The molecule has 1 atom stereocenters. The van der Waals surface area contributed by atoms with Crippen LogP contribution in [0.15, 0.2) is 18.2 Å². The first kappa shape index (κ1) is 13.7. The van der Waals surface area contributed by atoms with Crippen molar-refractivity contribution in [1.29, 1.82) is 0 Å². The van der Waals surface area contributed by atoms with Crippen molar-refractivity contribution in [2.45, 2.75) is 34.2 Å². The molecule has 0 aliphatic carbocycles. The summed E-state index contributed by atoms with van der Waals surface area (Å²) in [7, 11) is 1.67. The van der Waals surface area contributed by atoms with E-state index >= 15 is 0 Å². The Labute approximate surface area is 114 Å². The smallest absolute Gasteiger partial charge is 0.201 e. The van der Waals surface area contributed by atoms with Gasteiger partial charge in [-0.2, -0.15) is 0 Å². The summed E-state index contributed by atoms with van der Waals surface area (Å²) in [6.07, 6.45) is 0. The molecule has 1 aromatic heterocycles. The Morgan fingerprint density at radius 2 is 2.05 bits per heavy atom. The average Bonchev–Trinajstić information content (AvgIpc) is 2.64. The van der Waals surface area contributed by atoms with E-state index in [2.05, 4.69) is 37.2 Å². The highest BCUT2D eigenvalue weighted by Crippen LogP contribution is 2.30. The Morgan fingerprint density at radius 1 is 1.37 bits per heavy atom. The second kappa shape index (κ2) is 4.76. The topological polar surface area (TPSA) is 53.1 Å². The van der Waals surface area contributed by atoms with Gasteiger partial charge in [0.05, 0.1) is 18.1 Å². The van der Waals surface area contributed by atoms with Gasteiger partial charge in [-0.15, -0.1) is 0 Å². The van der Waals surface area contributed by atoms with Gasteiger partial charge < -0.3 is 15.0 Å². The van der Waals surface area contributed by atoms with E-state index in [-0.39, 0.29) is 5.41 Å². The summed E-state index contributed by atoms with van der Waals surface area (Å²) in [5.41, 5.74) is 8.24. The van der Waals surface area contributed by atoms with E-state index in [1.165, 1.54) is 0 Å². The van der Waals surface area contributed by atoms with Crippen molar-refractivity contribution in [3.05, 3.63) is 18.2 Å². The number of hydrogen-bond acceptors (Lipinski definition) is 3. The number of rotatable bonds is 3. The number of methoxy groups -OCH3 is 1. The molecule has 4 heteroatoms. The Bertz CT molecular complexity index is 581. The molecule has 104 valence electrons. The molecule has 2 N–H and O–H groups in total. The van der Waals surface area contributed by atoms with Crippen LogP contribution in [0.4, 0.5) is 5.95 Å². The molecule has 1 heterocycles. The number of nitrogens with zero attached hydrogens (tertiary/aromatic N) is 2. The van der Waals surface area contributed by atoms with Gasteiger partial charge >= 0.3 is 0 Å². The first-order chi connectivity index (χ1) is 8.82. The fourth-order valence-corrected chi connectivity index (χ4v) is 1.99. The molecule has 1 unspecified atom stereocenters. The van der Waals surface area contributed by atoms with Crippen LogP contribution >= 0.6 is 0 Å². The number of hydrogen-bond donors (Lipinski definition) is 1. The van der Waals surface area contributed by atoms with Crippen molar-refractivity contribution in [1.82, 2.24) is 9.55 Å². The van der Waals surface area contributed by atoms with Gasteiger partial charge in [0, 0.05) is 12.6 Å². The van der Waals surface area contributed by atoms with Crippen LogP contribution in [0.1, 0.15) is 27.7 Å². The second-order valence-corrected chi connectivity index (χ2v) is 6.20. The third-order valence-electron chi connectivity index (χ3n) is 3.92. The quantitative estimate of drug-likeness (QED) is 0.922. The highest BCUT2D eigenvalue weighted by Gasteiger charge is 2.22. The standard InChI is InChI=1S/C15H23N3O/c1-10(15(2,3)4)9-18-13-8-11(19-5)6-7-12(13)17-14(18)16/h6-8,10H,9H2,1-5H3,(H2,16,17). The summed E-state index contributed by atoms with van der Waals surface area (Å²) < 4.78 is 7.35. The molecule has 0 saturated heterocycles. The van der Waals surface area contributed by atoms with E-state index in [1.807, 2.05) is 18.2 Å². The van der Waals surface area contributed by atoms with E-state index in [0.29, 0.717) is 11.9 Å². The minimum Gasteiger partial charge on any atom is -0.497 e. The van der Waals surface area contributed by atoms with Gasteiger partial charge in [-0.3, -0.25) is 0 Å². The second-order valence-electron chi connectivity index (χ2n) is 6.20. The van der Waals surface area contributed by atoms with Gasteiger partial charge in [-0.1, -0.05) is 27.7 Å². The Hall–Kier alpha value is -1.71. The van der Waals surface area contributed by atoms with E-state index in [0.717, 1.165) is 23.3 Å². The molecule has 0 saturated carbocycles. The lowest BCUT2D eigenvalue weighted by molar-refractivity contribution is 0.236. The van der Waals surface area contributed by atoms with E-state index < -0.39 is 0 Å². The lowest BCUT2D eigenvalue weighted by Gasteiger charge is -2.28. The van der Waals surface area contributed by atoms with Crippen LogP contribution in [-0.4, -0.2) is 16.7 Å². The van der Waals surface area contributed by atoms with Crippen molar-refractivity contribution < 1.29 is 4.74 Å². The number of aromatic nitrogens is 2. The fourth-order valence-electron chi connectivity index (χ4n) is 1.99. The van der Waals surface area contributed by atoms with Crippen LogP contribution in [0.25, 0.3) is 11.0 Å². The normalized spacial score (nSPS) is 13.7. The number of nitrogens with two attached hydrogens (primary N) is 1. The minimum absolute atomic E-state index is 0.238. The molecule has 2 rings (SSSR count). The first-order valence-electron chi connectivity index (χ1n) is 6.62. The molecule has 0 fully saturated rings. The van der Waals surface area contributed by atoms with Gasteiger partial charge in [0.2, 0.25) is 5.95 Å². The lowest BCUT2D eigenvalue weighted by atomic mass is 9.82. The predicted octanol–water partition coefficient (Wildman–Crippen LogP) is 3.31. The number of fused-ring (bicyclic) bond motifs is 1. The molecule has 0 amide bonds. The molecule has 19 heavy (non-hydrogen) atoms. The molecular weight excluding hydrogens is 238 g/mol. The van der Waals surface area contributed by atoms with Crippen LogP contribution in [-0.2, 0) is 6.54 Å². The summed E-state index contributed by atoms with van der Waals surface area (Å²) >= 11 is 0. The first-order valence-corrected chi connectivity index (χ1v) is 6.62. The summed E-state index contributed by atoms with van der Waals surface area (Å²) in [4.78, 5) is 4.41.